The summed E-state index contributed by atoms with van der Waals surface area (Å²) in [7, 11) is -2.39. The molecule has 2 aromatic rings. The molecule has 25 heavy (non-hydrogen) atoms. The van der Waals surface area contributed by atoms with Crippen molar-refractivity contribution in [3.05, 3.63) is 48.4 Å². The van der Waals surface area contributed by atoms with Crippen LogP contribution in [-0.4, -0.2) is 35.1 Å². The lowest BCUT2D eigenvalue weighted by molar-refractivity contribution is -0.131. The van der Waals surface area contributed by atoms with Crippen molar-refractivity contribution >= 4 is 15.8 Å². The smallest absolute Gasteiger partial charge is 0.263 e. The number of Topliss-reactive ketones (excluding diaryl/α,β-unsaturated/α-hetero) is 1. The SMILES string of the molecule is CCn1cnc(S(=O)(=O)N(C)C2(c3ccccc3)CCCCC2=O)c1. The van der Waals surface area contributed by atoms with Gasteiger partial charge in [0, 0.05) is 26.2 Å². The molecule has 1 unspecified atom stereocenters. The van der Waals surface area contributed by atoms with Crippen molar-refractivity contribution < 1.29 is 13.2 Å². The topological polar surface area (TPSA) is 72.3 Å². The second-order valence-corrected chi connectivity index (χ2v) is 8.29. The van der Waals surface area contributed by atoms with E-state index in [-0.39, 0.29) is 10.8 Å². The first-order chi connectivity index (χ1) is 11.9. The lowest BCUT2D eigenvalue weighted by atomic mass is 9.75. The van der Waals surface area contributed by atoms with Crippen molar-refractivity contribution in [2.24, 2.45) is 0 Å². The third kappa shape index (κ3) is 2.91. The Balaban J connectivity index is 2.11. The maximum Gasteiger partial charge on any atom is 0.263 e. The first-order valence-electron chi connectivity index (χ1n) is 8.52. The molecule has 0 aliphatic heterocycles. The number of rotatable bonds is 5. The van der Waals surface area contributed by atoms with E-state index in [1.165, 1.54) is 23.9 Å². The maximum absolute atomic E-state index is 13.2. The fourth-order valence-corrected chi connectivity index (χ4v) is 4.98. The van der Waals surface area contributed by atoms with E-state index in [1.54, 1.807) is 4.57 Å². The van der Waals surface area contributed by atoms with Crippen molar-refractivity contribution in [1.82, 2.24) is 13.9 Å². The summed E-state index contributed by atoms with van der Waals surface area (Å²) >= 11 is 0. The quantitative estimate of drug-likeness (QED) is 0.820. The Morgan fingerprint density at radius 2 is 1.96 bits per heavy atom. The average Bonchev–Trinajstić information content (AvgIpc) is 3.12. The zero-order valence-corrected chi connectivity index (χ0v) is 15.4. The van der Waals surface area contributed by atoms with E-state index < -0.39 is 15.6 Å². The van der Waals surface area contributed by atoms with Crippen molar-refractivity contribution in [3.63, 3.8) is 0 Å². The van der Waals surface area contributed by atoms with Crippen LogP contribution >= 0.6 is 0 Å². The van der Waals surface area contributed by atoms with Gasteiger partial charge in [0.25, 0.3) is 10.0 Å². The average molecular weight is 361 g/mol. The minimum absolute atomic E-state index is 0.0227. The molecule has 0 spiro atoms. The third-order valence-electron chi connectivity index (χ3n) is 5.04. The van der Waals surface area contributed by atoms with Gasteiger partial charge in [0.05, 0.1) is 6.33 Å². The highest BCUT2D eigenvalue weighted by Crippen LogP contribution is 2.41. The summed E-state index contributed by atoms with van der Waals surface area (Å²) in [5.74, 6) is -0.0500. The van der Waals surface area contributed by atoms with Crippen LogP contribution in [0.4, 0.5) is 0 Å². The molecule has 0 radical (unpaired) electrons. The van der Waals surface area contributed by atoms with E-state index in [1.807, 2.05) is 37.3 Å². The molecule has 1 atom stereocenters. The molecule has 6 nitrogen and oxygen atoms in total. The van der Waals surface area contributed by atoms with E-state index >= 15 is 0 Å². The zero-order chi connectivity index (χ0) is 18.1. The Hall–Kier alpha value is -1.99. The molecular formula is C18H23N3O3S. The van der Waals surface area contributed by atoms with Crippen LogP contribution < -0.4 is 0 Å². The number of aryl methyl sites for hydroxylation is 1. The predicted octanol–water partition coefficient (Wildman–Crippen LogP) is 2.56. The molecule has 7 heteroatoms. The monoisotopic (exact) mass is 361 g/mol. The molecule has 0 N–H and O–H groups in total. The molecule has 1 fully saturated rings. The molecule has 1 aromatic heterocycles. The van der Waals surface area contributed by atoms with Crippen LogP contribution in [0.5, 0.6) is 0 Å². The summed E-state index contributed by atoms with van der Waals surface area (Å²) in [6.45, 7) is 2.55. The number of aromatic nitrogens is 2. The van der Waals surface area contributed by atoms with Crippen LogP contribution in [0.3, 0.4) is 0 Å². The number of benzene rings is 1. The normalized spacial score (nSPS) is 21.6. The molecule has 0 amide bonds. The largest absolute Gasteiger partial charge is 0.336 e. The number of nitrogens with zero attached hydrogens (tertiary/aromatic N) is 3. The minimum Gasteiger partial charge on any atom is -0.336 e. The highest BCUT2D eigenvalue weighted by Gasteiger charge is 2.50. The number of sulfonamides is 1. The summed E-state index contributed by atoms with van der Waals surface area (Å²) in [5.41, 5.74) is -0.436. The van der Waals surface area contributed by atoms with Gasteiger partial charge in [-0.3, -0.25) is 4.79 Å². The molecule has 0 bridgehead atoms. The lowest BCUT2D eigenvalue weighted by Crippen LogP contribution is -2.54. The molecule has 1 saturated carbocycles. The zero-order valence-electron chi connectivity index (χ0n) is 14.6. The Bertz CT molecular complexity index is 861. The highest BCUT2D eigenvalue weighted by molar-refractivity contribution is 7.89. The van der Waals surface area contributed by atoms with Crippen LogP contribution in [0, 0.1) is 0 Å². The minimum atomic E-state index is -3.89. The van der Waals surface area contributed by atoms with Gasteiger partial charge in [-0.1, -0.05) is 36.8 Å². The lowest BCUT2D eigenvalue weighted by Gasteiger charge is -2.42. The molecule has 3 rings (SSSR count). The van der Waals surface area contributed by atoms with Gasteiger partial charge < -0.3 is 4.57 Å². The summed E-state index contributed by atoms with van der Waals surface area (Å²) in [4.78, 5) is 17.0. The summed E-state index contributed by atoms with van der Waals surface area (Å²) in [6.07, 6.45) is 5.49. The van der Waals surface area contributed by atoms with Gasteiger partial charge in [-0.2, -0.15) is 4.31 Å². The van der Waals surface area contributed by atoms with Crippen LogP contribution in [0.2, 0.25) is 0 Å². The van der Waals surface area contributed by atoms with E-state index in [4.69, 9.17) is 0 Å². The van der Waals surface area contributed by atoms with Gasteiger partial charge >= 0.3 is 0 Å². The van der Waals surface area contributed by atoms with Crippen LogP contribution in [0.25, 0.3) is 0 Å². The van der Waals surface area contributed by atoms with E-state index in [0.29, 0.717) is 19.4 Å². The third-order valence-corrected chi connectivity index (χ3v) is 6.81. The molecule has 1 aliphatic carbocycles. The number of imidazole rings is 1. The number of likely N-dealkylation sites (N-methyl/N-ethyl adjacent to an activating group) is 1. The van der Waals surface area contributed by atoms with Crippen molar-refractivity contribution in [2.45, 2.75) is 49.7 Å². The Morgan fingerprint density at radius 3 is 2.56 bits per heavy atom. The standard InChI is InChI=1S/C18H23N3O3S/c1-3-21-13-17(19-14-21)25(23,24)20(2)18(12-8-7-11-16(18)22)15-9-5-4-6-10-15/h4-6,9-10,13-14H,3,7-8,11-12H2,1-2H3. The van der Waals surface area contributed by atoms with Crippen LogP contribution in [-0.2, 0) is 26.9 Å². The van der Waals surface area contributed by atoms with Crippen molar-refractivity contribution in [2.75, 3.05) is 7.05 Å². The Morgan fingerprint density at radius 1 is 1.24 bits per heavy atom. The summed E-state index contributed by atoms with van der Waals surface area (Å²) < 4.78 is 29.3. The Labute approximate surface area is 148 Å². The van der Waals surface area contributed by atoms with E-state index in [2.05, 4.69) is 4.98 Å². The first kappa shape index (κ1) is 17.8. The van der Waals surface area contributed by atoms with Gasteiger partial charge in [-0.25, -0.2) is 13.4 Å². The van der Waals surface area contributed by atoms with Crippen LogP contribution in [0.15, 0.2) is 47.9 Å². The fraction of sp³-hybridized carbons (Fsp3) is 0.444. The summed E-state index contributed by atoms with van der Waals surface area (Å²) in [5, 5.41) is -0.0227. The molecule has 1 heterocycles. The number of ketones is 1. The number of hydrogen-bond acceptors (Lipinski definition) is 4. The molecule has 1 aromatic carbocycles. The van der Waals surface area contributed by atoms with Gasteiger partial charge in [0.2, 0.25) is 0 Å². The fourth-order valence-electron chi connectivity index (χ4n) is 3.54. The van der Waals surface area contributed by atoms with Gasteiger partial charge in [0.1, 0.15) is 5.54 Å². The Kier molecular flexibility index (Phi) is 4.79. The maximum atomic E-state index is 13.2. The van der Waals surface area contributed by atoms with Gasteiger partial charge in [-0.05, 0) is 25.3 Å². The van der Waals surface area contributed by atoms with E-state index in [0.717, 1.165) is 18.4 Å². The van der Waals surface area contributed by atoms with Gasteiger partial charge in [0.15, 0.2) is 10.8 Å². The van der Waals surface area contributed by atoms with Crippen molar-refractivity contribution in [3.8, 4) is 0 Å². The molecular weight excluding hydrogens is 338 g/mol. The first-order valence-corrected chi connectivity index (χ1v) is 9.96. The summed E-state index contributed by atoms with van der Waals surface area (Å²) in [6, 6.07) is 9.21. The second-order valence-electron chi connectivity index (χ2n) is 6.37. The van der Waals surface area contributed by atoms with Crippen LogP contribution in [0.1, 0.15) is 38.2 Å². The van der Waals surface area contributed by atoms with Crippen molar-refractivity contribution in [1.29, 1.82) is 0 Å². The number of hydrogen-bond donors (Lipinski definition) is 0. The molecule has 134 valence electrons. The van der Waals surface area contributed by atoms with E-state index in [9.17, 15) is 13.2 Å². The highest BCUT2D eigenvalue weighted by atomic mass is 32.2. The predicted molar refractivity (Wildman–Crippen MR) is 94.4 cm³/mol. The molecule has 0 saturated heterocycles. The molecule has 1 aliphatic rings. The number of carbonyl (C=O) groups is 1. The number of carbonyl (C=O) groups excluding carboxylic acids is 1. The van der Waals surface area contributed by atoms with Gasteiger partial charge in [-0.15, -0.1) is 0 Å². The second kappa shape index (κ2) is 6.72.